The van der Waals surface area contributed by atoms with Crippen LogP contribution in [0.5, 0.6) is 0 Å². The van der Waals surface area contributed by atoms with Gasteiger partial charge in [-0.05, 0) is 6.07 Å². The van der Waals surface area contributed by atoms with Crippen LogP contribution in [-0.2, 0) is 11.3 Å². The van der Waals surface area contributed by atoms with Gasteiger partial charge in [0, 0.05) is 12.4 Å². The van der Waals surface area contributed by atoms with Gasteiger partial charge in [-0.3, -0.25) is 4.79 Å². The molecule has 3 rings (SSSR count). The first kappa shape index (κ1) is 12.0. The molecule has 0 bridgehead atoms. The first-order valence-corrected chi connectivity index (χ1v) is 5.75. The molecule has 0 saturated heterocycles. The van der Waals surface area contributed by atoms with Gasteiger partial charge in [0.1, 0.15) is 19.2 Å². The zero-order valence-electron chi connectivity index (χ0n) is 10.3. The number of aromatic nitrogens is 7. The Hall–Kier alpha value is -3.10. The molecule has 0 aliphatic heterocycles. The van der Waals surface area contributed by atoms with Gasteiger partial charge in [0.2, 0.25) is 5.91 Å². The van der Waals surface area contributed by atoms with Crippen LogP contribution in [0.25, 0.3) is 5.95 Å². The standard InChI is InChI=1S/C11H10N8O/c20-10(6-18-8-12-7-16-18)17-9-4-13-11(14-5-9)19-3-1-2-15-19/h1-5,7-8H,6H2,(H,17,20). The fourth-order valence-corrected chi connectivity index (χ4v) is 1.55. The first-order chi connectivity index (χ1) is 9.81. The molecule has 1 amide bonds. The SMILES string of the molecule is O=C(Cn1cncn1)Nc1cnc(-n2cccn2)nc1. The molecule has 0 aliphatic carbocycles. The molecule has 0 unspecified atom stereocenters. The average Bonchev–Trinajstić information content (AvgIpc) is 3.12. The van der Waals surface area contributed by atoms with Gasteiger partial charge in [-0.15, -0.1) is 0 Å². The topological polar surface area (TPSA) is 103 Å². The number of hydrogen-bond donors (Lipinski definition) is 1. The molecule has 100 valence electrons. The zero-order chi connectivity index (χ0) is 13.8. The lowest BCUT2D eigenvalue weighted by atomic mass is 10.5. The molecule has 0 saturated carbocycles. The minimum atomic E-state index is -0.231. The van der Waals surface area contributed by atoms with Crippen LogP contribution in [-0.4, -0.2) is 40.4 Å². The van der Waals surface area contributed by atoms with Crippen LogP contribution in [0, 0.1) is 0 Å². The normalized spacial score (nSPS) is 10.4. The zero-order valence-corrected chi connectivity index (χ0v) is 10.3. The Kier molecular flexibility index (Phi) is 3.15. The van der Waals surface area contributed by atoms with Crippen LogP contribution < -0.4 is 5.32 Å². The summed E-state index contributed by atoms with van der Waals surface area (Å²) < 4.78 is 2.95. The van der Waals surface area contributed by atoms with E-state index in [9.17, 15) is 4.79 Å². The summed E-state index contributed by atoms with van der Waals surface area (Å²) in [7, 11) is 0. The molecule has 0 spiro atoms. The summed E-state index contributed by atoms with van der Waals surface area (Å²) in [6, 6.07) is 1.77. The highest BCUT2D eigenvalue weighted by Crippen LogP contribution is 2.05. The number of carbonyl (C=O) groups is 1. The summed E-state index contributed by atoms with van der Waals surface area (Å²) in [5, 5.41) is 10.5. The summed E-state index contributed by atoms with van der Waals surface area (Å²) in [6.07, 6.45) is 9.24. The van der Waals surface area contributed by atoms with Gasteiger partial charge in [0.05, 0.1) is 18.1 Å². The van der Waals surface area contributed by atoms with E-state index < -0.39 is 0 Å². The van der Waals surface area contributed by atoms with Gasteiger partial charge in [-0.25, -0.2) is 24.3 Å². The third kappa shape index (κ3) is 2.66. The van der Waals surface area contributed by atoms with Crippen molar-refractivity contribution in [2.45, 2.75) is 6.54 Å². The van der Waals surface area contributed by atoms with Crippen LogP contribution in [0.4, 0.5) is 5.69 Å². The molecule has 3 heterocycles. The van der Waals surface area contributed by atoms with Crippen molar-refractivity contribution < 1.29 is 4.79 Å². The molecule has 9 nitrogen and oxygen atoms in total. The van der Waals surface area contributed by atoms with Crippen molar-refractivity contribution in [2.75, 3.05) is 5.32 Å². The molecular weight excluding hydrogens is 260 g/mol. The molecule has 9 heteroatoms. The fourth-order valence-electron chi connectivity index (χ4n) is 1.55. The summed E-state index contributed by atoms with van der Waals surface area (Å²) >= 11 is 0. The number of amides is 1. The number of rotatable bonds is 4. The lowest BCUT2D eigenvalue weighted by molar-refractivity contribution is -0.116. The number of carbonyl (C=O) groups excluding carboxylic acids is 1. The Labute approximate surface area is 113 Å². The second-order valence-electron chi connectivity index (χ2n) is 3.86. The van der Waals surface area contributed by atoms with Crippen molar-refractivity contribution in [1.29, 1.82) is 0 Å². The van der Waals surface area contributed by atoms with E-state index >= 15 is 0 Å². The second kappa shape index (κ2) is 5.26. The molecular formula is C11H10N8O. The van der Waals surface area contributed by atoms with Crippen LogP contribution in [0.1, 0.15) is 0 Å². The van der Waals surface area contributed by atoms with Crippen LogP contribution in [0.3, 0.4) is 0 Å². The Morgan fingerprint density at radius 1 is 1.25 bits per heavy atom. The van der Waals surface area contributed by atoms with E-state index in [1.54, 1.807) is 18.5 Å². The molecule has 3 aromatic heterocycles. The van der Waals surface area contributed by atoms with Crippen molar-refractivity contribution in [3.63, 3.8) is 0 Å². The lowest BCUT2D eigenvalue weighted by Gasteiger charge is -2.05. The van der Waals surface area contributed by atoms with Crippen LogP contribution in [0.15, 0.2) is 43.5 Å². The largest absolute Gasteiger partial charge is 0.322 e. The van der Waals surface area contributed by atoms with E-state index in [0.29, 0.717) is 11.6 Å². The van der Waals surface area contributed by atoms with Gasteiger partial charge in [-0.1, -0.05) is 0 Å². The third-order valence-corrected chi connectivity index (χ3v) is 2.40. The second-order valence-corrected chi connectivity index (χ2v) is 3.86. The van der Waals surface area contributed by atoms with Gasteiger partial charge >= 0.3 is 0 Å². The highest BCUT2D eigenvalue weighted by Gasteiger charge is 2.05. The molecule has 0 aromatic carbocycles. The number of anilines is 1. The highest BCUT2D eigenvalue weighted by atomic mass is 16.2. The van der Waals surface area contributed by atoms with E-state index in [2.05, 4.69) is 30.5 Å². The maximum absolute atomic E-state index is 11.7. The van der Waals surface area contributed by atoms with Gasteiger partial charge in [0.25, 0.3) is 5.95 Å². The van der Waals surface area contributed by atoms with E-state index in [1.165, 1.54) is 34.4 Å². The van der Waals surface area contributed by atoms with E-state index in [4.69, 9.17) is 0 Å². The van der Waals surface area contributed by atoms with E-state index in [1.807, 2.05) is 0 Å². The Morgan fingerprint density at radius 2 is 2.10 bits per heavy atom. The van der Waals surface area contributed by atoms with E-state index in [0.717, 1.165) is 0 Å². The predicted molar refractivity (Wildman–Crippen MR) is 67.8 cm³/mol. The molecule has 0 fully saturated rings. The van der Waals surface area contributed by atoms with Crippen LogP contribution in [0.2, 0.25) is 0 Å². The predicted octanol–water partition coefficient (Wildman–Crippen LogP) is -0.108. The van der Waals surface area contributed by atoms with Crippen molar-refractivity contribution in [1.82, 2.24) is 34.5 Å². The maximum Gasteiger partial charge on any atom is 0.250 e. The number of nitrogens with one attached hydrogen (secondary N) is 1. The fraction of sp³-hybridized carbons (Fsp3) is 0.0909. The molecule has 0 atom stereocenters. The van der Waals surface area contributed by atoms with Crippen molar-refractivity contribution >= 4 is 11.6 Å². The smallest absolute Gasteiger partial charge is 0.250 e. The van der Waals surface area contributed by atoms with Gasteiger partial charge in [0.15, 0.2) is 0 Å². The Morgan fingerprint density at radius 3 is 2.75 bits per heavy atom. The minimum absolute atomic E-state index is 0.0842. The first-order valence-electron chi connectivity index (χ1n) is 5.75. The summed E-state index contributed by atoms with van der Waals surface area (Å²) in [4.78, 5) is 23.7. The quantitative estimate of drug-likeness (QED) is 0.709. The third-order valence-electron chi connectivity index (χ3n) is 2.40. The van der Waals surface area contributed by atoms with Gasteiger partial charge < -0.3 is 5.32 Å². The molecule has 0 aliphatic rings. The maximum atomic E-state index is 11.7. The molecule has 20 heavy (non-hydrogen) atoms. The van der Waals surface area contributed by atoms with Crippen molar-refractivity contribution in [3.05, 3.63) is 43.5 Å². The Balaban J connectivity index is 1.65. The van der Waals surface area contributed by atoms with Gasteiger partial charge in [-0.2, -0.15) is 10.2 Å². The summed E-state index contributed by atoms with van der Waals surface area (Å²) in [6.45, 7) is 0.0842. The van der Waals surface area contributed by atoms with E-state index in [-0.39, 0.29) is 12.5 Å². The summed E-state index contributed by atoms with van der Waals surface area (Å²) in [5.41, 5.74) is 0.506. The van der Waals surface area contributed by atoms with Crippen molar-refractivity contribution in [2.24, 2.45) is 0 Å². The Bertz CT molecular complexity index is 674. The number of nitrogens with zero attached hydrogens (tertiary/aromatic N) is 7. The van der Waals surface area contributed by atoms with Crippen molar-refractivity contribution in [3.8, 4) is 5.95 Å². The molecule has 1 N–H and O–H groups in total. The molecule has 0 radical (unpaired) electrons. The highest BCUT2D eigenvalue weighted by molar-refractivity contribution is 5.90. The minimum Gasteiger partial charge on any atom is -0.322 e. The summed E-state index contributed by atoms with van der Waals surface area (Å²) in [5.74, 6) is 0.204. The lowest BCUT2D eigenvalue weighted by Crippen LogP contribution is -2.19. The van der Waals surface area contributed by atoms with Crippen LogP contribution >= 0.6 is 0 Å². The number of hydrogen-bond acceptors (Lipinski definition) is 6. The average molecular weight is 270 g/mol. The monoisotopic (exact) mass is 270 g/mol. The molecule has 3 aromatic rings.